The maximum atomic E-state index is 11.5. The molecule has 13 heavy (non-hydrogen) atoms. The molecule has 0 radical (unpaired) electrons. The Morgan fingerprint density at radius 2 is 2.38 bits per heavy atom. The summed E-state index contributed by atoms with van der Waals surface area (Å²) in [6.07, 6.45) is 3.90. The third-order valence-electron chi connectivity index (χ3n) is 2.33. The van der Waals surface area contributed by atoms with E-state index in [9.17, 15) is 4.79 Å². The lowest BCUT2D eigenvalue weighted by Crippen LogP contribution is -2.18. The number of nitrogens with zero attached hydrogens (tertiary/aromatic N) is 1. The van der Waals surface area contributed by atoms with Crippen LogP contribution in [0.15, 0.2) is 15.8 Å². The predicted molar refractivity (Wildman–Crippen MR) is 55.8 cm³/mol. The molecule has 2 nitrogen and oxygen atoms in total. The summed E-state index contributed by atoms with van der Waals surface area (Å²) in [5, 5.41) is 0.768. The summed E-state index contributed by atoms with van der Waals surface area (Å²) in [5.41, 5.74) is 1.10. The smallest absolute Gasteiger partial charge is 0.251 e. The first-order valence-corrected chi connectivity index (χ1v) is 5.80. The minimum absolute atomic E-state index is 0.0845. The minimum atomic E-state index is 0.0845. The van der Waals surface area contributed by atoms with Crippen LogP contribution in [0.4, 0.5) is 0 Å². The van der Waals surface area contributed by atoms with Crippen LogP contribution in [0.5, 0.6) is 0 Å². The molecule has 0 aliphatic carbocycles. The monoisotopic (exact) mass is 215 g/mol. The van der Waals surface area contributed by atoms with Gasteiger partial charge in [-0.3, -0.25) is 4.79 Å². The van der Waals surface area contributed by atoms with Crippen molar-refractivity contribution < 1.29 is 0 Å². The SMILES string of the molecule is CSc1cc(=O)n2c(c1Cl)CCC2. The van der Waals surface area contributed by atoms with Crippen molar-refractivity contribution in [3.05, 3.63) is 27.1 Å². The molecule has 0 atom stereocenters. The fourth-order valence-corrected chi connectivity index (χ4v) is 2.69. The highest BCUT2D eigenvalue weighted by molar-refractivity contribution is 7.98. The molecule has 0 N–H and O–H groups in total. The van der Waals surface area contributed by atoms with Gasteiger partial charge in [-0.2, -0.15) is 0 Å². The maximum absolute atomic E-state index is 11.5. The zero-order valence-corrected chi connectivity index (χ0v) is 8.91. The molecule has 0 unspecified atom stereocenters. The Morgan fingerprint density at radius 3 is 3.08 bits per heavy atom. The number of halogens is 1. The summed E-state index contributed by atoms with van der Waals surface area (Å²) >= 11 is 7.68. The Balaban J connectivity index is 2.70. The van der Waals surface area contributed by atoms with E-state index in [0.717, 1.165) is 35.0 Å². The van der Waals surface area contributed by atoms with Crippen LogP contribution < -0.4 is 5.56 Å². The van der Waals surface area contributed by atoms with Crippen molar-refractivity contribution in [1.82, 2.24) is 4.57 Å². The molecule has 1 aliphatic heterocycles. The Kier molecular flexibility index (Phi) is 2.39. The van der Waals surface area contributed by atoms with E-state index in [1.807, 2.05) is 6.26 Å². The molecule has 1 aromatic heterocycles. The molecule has 2 heterocycles. The van der Waals surface area contributed by atoms with Crippen LogP contribution in [-0.4, -0.2) is 10.8 Å². The summed E-state index contributed by atoms with van der Waals surface area (Å²) in [6, 6.07) is 1.63. The first-order valence-electron chi connectivity index (χ1n) is 4.20. The van der Waals surface area contributed by atoms with Crippen LogP contribution in [0.1, 0.15) is 12.1 Å². The van der Waals surface area contributed by atoms with Gasteiger partial charge in [0, 0.05) is 23.2 Å². The molecule has 0 spiro atoms. The van der Waals surface area contributed by atoms with Crippen molar-refractivity contribution in [3.8, 4) is 0 Å². The number of aromatic nitrogens is 1. The van der Waals surface area contributed by atoms with Crippen LogP contribution in [0.25, 0.3) is 0 Å². The fraction of sp³-hybridized carbons (Fsp3) is 0.444. The van der Waals surface area contributed by atoms with Crippen molar-refractivity contribution >= 4 is 23.4 Å². The van der Waals surface area contributed by atoms with Crippen LogP contribution in [0.3, 0.4) is 0 Å². The van der Waals surface area contributed by atoms with Crippen molar-refractivity contribution in [3.63, 3.8) is 0 Å². The number of rotatable bonds is 1. The molecule has 0 amide bonds. The van der Waals surface area contributed by atoms with E-state index in [2.05, 4.69) is 0 Å². The largest absolute Gasteiger partial charge is 0.311 e. The molecule has 1 aliphatic rings. The van der Waals surface area contributed by atoms with Gasteiger partial charge in [-0.1, -0.05) is 11.6 Å². The Morgan fingerprint density at radius 1 is 1.62 bits per heavy atom. The summed E-state index contributed by atoms with van der Waals surface area (Å²) in [5.74, 6) is 0. The quantitative estimate of drug-likeness (QED) is 0.670. The topological polar surface area (TPSA) is 22.0 Å². The zero-order chi connectivity index (χ0) is 9.42. The standard InChI is InChI=1S/C9H10ClNOS/c1-13-7-5-8(12)11-4-2-3-6(11)9(7)10/h5H,2-4H2,1H3. The lowest BCUT2D eigenvalue weighted by molar-refractivity contribution is 0.718. The van der Waals surface area contributed by atoms with E-state index < -0.39 is 0 Å². The average molecular weight is 216 g/mol. The van der Waals surface area contributed by atoms with Crippen molar-refractivity contribution in [2.24, 2.45) is 0 Å². The van der Waals surface area contributed by atoms with Crippen LogP contribution >= 0.6 is 23.4 Å². The molecular formula is C9H10ClNOS. The Labute approximate surface area is 85.9 Å². The molecule has 0 aromatic carbocycles. The van der Waals surface area contributed by atoms with E-state index in [1.54, 1.807) is 10.6 Å². The molecule has 4 heteroatoms. The van der Waals surface area contributed by atoms with Gasteiger partial charge in [-0.05, 0) is 19.1 Å². The van der Waals surface area contributed by atoms with Gasteiger partial charge in [0.2, 0.25) is 0 Å². The highest BCUT2D eigenvalue weighted by Gasteiger charge is 2.17. The van der Waals surface area contributed by atoms with Gasteiger partial charge in [0.1, 0.15) is 0 Å². The molecule has 70 valence electrons. The van der Waals surface area contributed by atoms with Crippen LogP contribution in [0, 0.1) is 0 Å². The van der Waals surface area contributed by atoms with Crippen molar-refractivity contribution in [1.29, 1.82) is 0 Å². The number of pyridine rings is 1. The van der Waals surface area contributed by atoms with E-state index in [4.69, 9.17) is 11.6 Å². The van der Waals surface area contributed by atoms with Gasteiger partial charge in [0.25, 0.3) is 5.56 Å². The molecular weight excluding hydrogens is 206 g/mol. The highest BCUT2D eigenvalue weighted by atomic mass is 35.5. The second kappa shape index (κ2) is 3.39. The fourth-order valence-electron chi connectivity index (χ4n) is 1.69. The van der Waals surface area contributed by atoms with Crippen molar-refractivity contribution in [2.45, 2.75) is 24.3 Å². The van der Waals surface area contributed by atoms with E-state index >= 15 is 0 Å². The third-order valence-corrected chi connectivity index (χ3v) is 3.63. The molecule has 0 bridgehead atoms. The first kappa shape index (κ1) is 9.16. The van der Waals surface area contributed by atoms with Crippen molar-refractivity contribution in [2.75, 3.05) is 6.26 Å². The number of hydrogen-bond acceptors (Lipinski definition) is 2. The molecule has 1 aromatic rings. The normalized spacial score (nSPS) is 14.6. The van der Waals surface area contributed by atoms with Gasteiger partial charge in [0.15, 0.2) is 0 Å². The van der Waals surface area contributed by atoms with Gasteiger partial charge in [0.05, 0.1) is 5.02 Å². The van der Waals surface area contributed by atoms with Gasteiger partial charge in [-0.25, -0.2) is 0 Å². The predicted octanol–water partition coefficient (Wildman–Crippen LogP) is 2.17. The number of thioether (sulfide) groups is 1. The molecule has 0 saturated carbocycles. The summed E-state index contributed by atoms with van der Waals surface area (Å²) in [4.78, 5) is 12.4. The number of fused-ring (bicyclic) bond motifs is 1. The lowest BCUT2D eigenvalue weighted by atomic mass is 10.3. The van der Waals surface area contributed by atoms with Gasteiger partial charge in [-0.15, -0.1) is 11.8 Å². The average Bonchev–Trinajstić information content (AvgIpc) is 2.60. The van der Waals surface area contributed by atoms with E-state index in [0.29, 0.717) is 0 Å². The molecule has 2 rings (SSSR count). The first-order chi connectivity index (χ1) is 6.24. The molecule has 0 saturated heterocycles. The second-order valence-corrected chi connectivity index (χ2v) is 4.29. The summed E-state index contributed by atoms with van der Waals surface area (Å²) < 4.78 is 1.78. The van der Waals surface area contributed by atoms with E-state index in [-0.39, 0.29) is 5.56 Å². The van der Waals surface area contributed by atoms with Crippen LogP contribution in [-0.2, 0) is 13.0 Å². The summed E-state index contributed by atoms with van der Waals surface area (Å²) in [6.45, 7) is 0.822. The number of hydrogen-bond donors (Lipinski definition) is 0. The highest BCUT2D eigenvalue weighted by Crippen LogP contribution is 2.29. The van der Waals surface area contributed by atoms with Crippen LogP contribution in [0.2, 0.25) is 5.02 Å². The lowest BCUT2D eigenvalue weighted by Gasteiger charge is -2.07. The van der Waals surface area contributed by atoms with E-state index in [1.165, 1.54) is 11.8 Å². The van der Waals surface area contributed by atoms with Gasteiger partial charge < -0.3 is 4.57 Å². The minimum Gasteiger partial charge on any atom is -0.311 e. The third kappa shape index (κ3) is 1.40. The molecule has 0 fully saturated rings. The second-order valence-electron chi connectivity index (χ2n) is 3.07. The Hall–Kier alpha value is -0.410. The summed E-state index contributed by atoms with van der Waals surface area (Å²) in [7, 11) is 0. The maximum Gasteiger partial charge on any atom is 0.251 e. The Bertz CT molecular complexity index is 399. The zero-order valence-electron chi connectivity index (χ0n) is 7.34. The van der Waals surface area contributed by atoms with Gasteiger partial charge >= 0.3 is 0 Å².